The van der Waals surface area contributed by atoms with E-state index in [-0.39, 0.29) is 17.2 Å². The summed E-state index contributed by atoms with van der Waals surface area (Å²) < 4.78 is 26.9. The van der Waals surface area contributed by atoms with E-state index in [0.29, 0.717) is 6.42 Å². The predicted octanol–water partition coefficient (Wildman–Crippen LogP) is 6.52. The molecule has 1 aliphatic heterocycles. The predicted molar refractivity (Wildman–Crippen MR) is 157 cm³/mol. The molecule has 2 heterocycles. The molecular formula is C30H47N3O4S. The van der Waals surface area contributed by atoms with Crippen LogP contribution in [0.2, 0.25) is 0 Å². The highest BCUT2D eigenvalue weighted by Crippen LogP contribution is 2.32. The topological polar surface area (TPSA) is 99.6 Å². The van der Waals surface area contributed by atoms with Gasteiger partial charge in [-0.25, -0.2) is 0 Å². The molecule has 0 radical (unpaired) electrons. The standard InChI is InChI=1S/C28H41N3O.C2H6O3S/c1-5-6-7-8-9-10-11-12-17-30-28(2,3)25-19-24(20-29-21-25)22-13-15-26-23(18-22)14-16-27(32)31(26)4;1-2-6(3,4)5/h13,15,18-21,30H,5-12,14,16-17H2,1-4H3;2H2,1H3,(H,3,4,5). The van der Waals surface area contributed by atoms with Crippen LogP contribution in [0.1, 0.15) is 96.6 Å². The number of amides is 1. The molecule has 0 atom stereocenters. The average Bonchev–Trinajstić information content (AvgIpc) is 2.89. The lowest BCUT2D eigenvalue weighted by Crippen LogP contribution is -2.37. The second-order valence-electron chi connectivity index (χ2n) is 10.7. The molecule has 3 rings (SSSR count). The van der Waals surface area contributed by atoms with E-state index in [4.69, 9.17) is 4.55 Å². The first-order valence-corrected chi connectivity index (χ1v) is 15.6. The van der Waals surface area contributed by atoms with Crippen molar-refractivity contribution in [1.29, 1.82) is 0 Å². The second kappa shape index (κ2) is 15.3. The van der Waals surface area contributed by atoms with E-state index in [1.54, 1.807) is 4.90 Å². The Morgan fingerprint density at radius 1 is 0.947 bits per heavy atom. The molecule has 1 aliphatic rings. The molecule has 212 valence electrons. The fraction of sp³-hybridized carbons (Fsp3) is 0.600. The van der Waals surface area contributed by atoms with Crippen LogP contribution < -0.4 is 10.2 Å². The van der Waals surface area contributed by atoms with Crippen molar-refractivity contribution in [1.82, 2.24) is 10.3 Å². The maximum Gasteiger partial charge on any atom is 0.264 e. The van der Waals surface area contributed by atoms with Gasteiger partial charge in [-0.2, -0.15) is 8.42 Å². The van der Waals surface area contributed by atoms with Crippen LogP contribution in [0.3, 0.4) is 0 Å². The number of hydrogen-bond donors (Lipinski definition) is 2. The largest absolute Gasteiger partial charge is 0.315 e. The van der Waals surface area contributed by atoms with Gasteiger partial charge < -0.3 is 10.2 Å². The highest BCUT2D eigenvalue weighted by molar-refractivity contribution is 7.85. The van der Waals surface area contributed by atoms with E-state index < -0.39 is 10.1 Å². The summed E-state index contributed by atoms with van der Waals surface area (Å²) in [6.45, 7) is 9.16. The summed E-state index contributed by atoms with van der Waals surface area (Å²) in [7, 11) is -1.80. The molecule has 38 heavy (non-hydrogen) atoms. The van der Waals surface area contributed by atoms with Gasteiger partial charge in [0.15, 0.2) is 0 Å². The first-order chi connectivity index (χ1) is 18.0. The number of rotatable bonds is 13. The first kappa shape index (κ1) is 31.9. The highest BCUT2D eigenvalue weighted by Gasteiger charge is 2.23. The fourth-order valence-electron chi connectivity index (χ4n) is 4.54. The van der Waals surface area contributed by atoms with Crippen LogP contribution in [0.5, 0.6) is 0 Å². The third kappa shape index (κ3) is 10.5. The van der Waals surface area contributed by atoms with Gasteiger partial charge in [0.25, 0.3) is 10.1 Å². The Bertz CT molecular complexity index is 1130. The van der Waals surface area contributed by atoms with Crippen LogP contribution in [-0.2, 0) is 26.9 Å². The minimum atomic E-state index is -3.66. The van der Waals surface area contributed by atoms with Gasteiger partial charge in [-0.15, -0.1) is 0 Å². The van der Waals surface area contributed by atoms with Gasteiger partial charge >= 0.3 is 0 Å². The molecule has 1 aromatic heterocycles. The van der Waals surface area contributed by atoms with Crippen molar-refractivity contribution in [3.63, 3.8) is 0 Å². The summed E-state index contributed by atoms with van der Waals surface area (Å²) in [5, 5.41) is 3.74. The Kier molecular flexibility index (Phi) is 12.9. The fourth-order valence-corrected chi connectivity index (χ4v) is 4.54. The summed E-state index contributed by atoms with van der Waals surface area (Å²) in [6, 6.07) is 8.66. The third-order valence-corrected chi connectivity index (χ3v) is 7.91. The number of carbonyl (C=O) groups is 1. The highest BCUT2D eigenvalue weighted by atomic mass is 32.2. The average molecular weight is 546 g/mol. The molecule has 2 N–H and O–H groups in total. The number of aryl methyl sites for hydroxylation is 1. The van der Waals surface area contributed by atoms with Gasteiger partial charge in [0.05, 0.1) is 5.75 Å². The van der Waals surface area contributed by atoms with Crippen LogP contribution >= 0.6 is 0 Å². The van der Waals surface area contributed by atoms with E-state index in [9.17, 15) is 13.2 Å². The smallest absolute Gasteiger partial charge is 0.264 e. The minimum Gasteiger partial charge on any atom is -0.315 e. The SMILES string of the molecule is CCCCCCCCCCNC(C)(C)c1cncc(-c2ccc3c(c2)CCC(=O)N3C)c1.CCS(=O)(=O)O. The lowest BCUT2D eigenvalue weighted by atomic mass is 9.92. The molecule has 0 saturated heterocycles. The minimum absolute atomic E-state index is 0.120. The zero-order valence-corrected chi connectivity index (χ0v) is 24.7. The second-order valence-corrected chi connectivity index (χ2v) is 12.4. The summed E-state index contributed by atoms with van der Waals surface area (Å²) >= 11 is 0. The maximum atomic E-state index is 12.0. The monoisotopic (exact) mass is 545 g/mol. The number of nitrogens with zero attached hydrogens (tertiary/aromatic N) is 2. The number of aromatic nitrogens is 1. The number of hydrogen-bond acceptors (Lipinski definition) is 5. The van der Waals surface area contributed by atoms with Crippen LogP contribution in [0.4, 0.5) is 5.69 Å². The van der Waals surface area contributed by atoms with Crippen LogP contribution in [0.25, 0.3) is 11.1 Å². The Balaban J connectivity index is 0.000000757. The van der Waals surface area contributed by atoms with E-state index in [1.807, 2.05) is 19.4 Å². The van der Waals surface area contributed by atoms with Crippen molar-refractivity contribution in [2.24, 2.45) is 0 Å². The summed E-state index contributed by atoms with van der Waals surface area (Å²) in [6.07, 6.45) is 16.1. The zero-order chi connectivity index (χ0) is 28.2. The lowest BCUT2D eigenvalue weighted by molar-refractivity contribution is -0.118. The number of fused-ring (bicyclic) bond motifs is 1. The van der Waals surface area contributed by atoms with E-state index in [1.165, 1.54) is 75.0 Å². The molecule has 0 unspecified atom stereocenters. The Morgan fingerprint density at radius 3 is 2.21 bits per heavy atom. The van der Waals surface area contributed by atoms with Gasteiger partial charge in [-0.05, 0) is 75.0 Å². The van der Waals surface area contributed by atoms with E-state index >= 15 is 0 Å². The number of benzene rings is 1. The molecule has 0 fully saturated rings. The molecule has 0 bridgehead atoms. The molecule has 8 heteroatoms. The van der Waals surface area contributed by atoms with Crippen molar-refractivity contribution in [3.8, 4) is 11.1 Å². The lowest BCUT2D eigenvalue weighted by Gasteiger charge is -2.28. The van der Waals surface area contributed by atoms with Crippen LogP contribution in [0.15, 0.2) is 36.7 Å². The van der Waals surface area contributed by atoms with Crippen molar-refractivity contribution in [2.45, 2.75) is 97.4 Å². The van der Waals surface area contributed by atoms with E-state index in [2.05, 4.69) is 55.3 Å². The number of nitrogens with one attached hydrogen (secondary N) is 1. The number of pyridine rings is 1. The molecule has 7 nitrogen and oxygen atoms in total. The molecule has 0 spiro atoms. The van der Waals surface area contributed by atoms with Gasteiger partial charge in [-0.1, -0.05) is 57.9 Å². The Morgan fingerprint density at radius 2 is 1.58 bits per heavy atom. The third-order valence-electron chi connectivity index (χ3n) is 7.18. The molecule has 1 amide bonds. The number of unbranched alkanes of at least 4 members (excludes halogenated alkanes) is 7. The van der Waals surface area contributed by atoms with Crippen LogP contribution in [0, 0.1) is 0 Å². The van der Waals surface area contributed by atoms with Gasteiger partial charge in [-0.3, -0.25) is 14.3 Å². The molecule has 0 saturated carbocycles. The molecule has 2 aromatic rings. The zero-order valence-electron chi connectivity index (χ0n) is 23.9. The Hall–Kier alpha value is -2.29. The van der Waals surface area contributed by atoms with Crippen molar-refractivity contribution < 1.29 is 17.8 Å². The molecular weight excluding hydrogens is 498 g/mol. The summed E-state index contributed by atoms with van der Waals surface area (Å²) in [5.41, 5.74) is 5.65. The maximum absolute atomic E-state index is 12.0. The van der Waals surface area contributed by atoms with Crippen molar-refractivity contribution in [3.05, 3.63) is 47.8 Å². The first-order valence-electron chi connectivity index (χ1n) is 14.0. The van der Waals surface area contributed by atoms with Crippen molar-refractivity contribution in [2.75, 3.05) is 24.2 Å². The normalized spacial score (nSPS) is 13.6. The number of anilines is 1. The number of carbonyl (C=O) groups excluding carboxylic acids is 1. The molecule has 1 aromatic carbocycles. The van der Waals surface area contributed by atoms with Gasteiger partial charge in [0.1, 0.15) is 0 Å². The molecule has 0 aliphatic carbocycles. The van der Waals surface area contributed by atoms with Crippen LogP contribution in [-0.4, -0.2) is 43.2 Å². The van der Waals surface area contributed by atoms with Gasteiger partial charge in [0, 0.05) is 42.7 Å². The quantitative estimate of drug-likeness (QED) is 0.220. The van der Waals surface area contributed by atoms with Crippen molar-refractivity contribution >= 4 is 21.7 Å². The van der Waals surface area contributed by atoms with Gasteiger partial charge in [0.2, 0.25) is 5.91 Å². The summed E-state index contributed by atoms with van der Waals surface area (Å²) in [5.74, 6) is -0.00858. The summed E-state index contributed by atoms with van der Waals surface area (Å²) in [4.78, 5) is 18.3. The van der Waals surface area contributed by atoms with E-state index in [0.717, 1.165) is 24.2 Å². The Labute approximate surface area is 230 Å².